The van der Waals surface area contributed by atoms with Crippen LogP contribution in [0.25, 0.3) is 10.6 Å². The first kappa shape index (κ1) is 18.7. The molecule has 2 aromatic heterocycles. The number of benzene rings is 1. The first-order valence-electron chi connectivity index (χ1n) is 9.25. The van der Waals surface area contributed by atoms with Gasteiger partial charge in [-0.1, -0.05) is 6.07 Å². The molecule has 1 aromatic carbocycles. The topological polar surface area (TPSA) is 49.3 Å². The minimum absolute atomic E-state index is 0.0286. The van der Waals surface area contributed by atoms with Gasteiger partial charge in [0.05, 0.1) is 11.4 Å². The number of nitrogens with zero attached hydrogens (tertiary/aromatic N) is 4. The molecule has 1 saturated heterocycles. The quantitative estimate of drug-likeness (QED) is 0.676. The SMILES string of the molecule is Cc1nc(-c2ccc(F)cc2)sc1C(=O)N1CCN(Cc2ccccn2)CC1. The highest BCUT2D eigenvalue weighted by atomic mass is 32.1. The molecule has 0 unspecified atom stereocenters. The third-order valence-electron chi connectivity index (χ3n) is 4.85. The monoisotopic (exact) mass is 396 g/mol. The molecule has 1 aliphatic heterocycles. The van der Waals surface area contributed by atoms with Crippen LogP contribution in [0.4, 0.5) is 4.39 Å². The Hall–Kier alpha value is -2.64. The van der Waals surface area contributed by atoms with Crippen molar-refractivity contribution < 1.29 is 9.18 Å². The second-order valence-electron chi connectivity index (χ2n) is 6.83. The van der Waals surface area contributed by atoms with Gasteiger partial charge >= 0.3 is 0 Å². The molecule has 0 bridgehead atoms. The molecule has 0 atom stereocenters. The van der Waals surface area contributed by atoms with Gasteiger partial charge < -0.3 is 4.90 Å². The number of hydrogen-bond acceptors (Lipinski definition) is 5. The Balaban J connectivity index is 1.41. The molecule has 0 aliphatic carbocycles. The number of pyridine rings is 1. The molecule has 1 aliphatic rings. The molecule has 28 heavy (non-hydrogen) atoms. The molecule has 144 valence electrons. The van der Waals surface area contributed by atoms with Crippen LogP contribution in [0.5, 0.6) is 0 Å². The summed E-state index contributed by atoms with van der Waals surface area (Å²) in [6.07, 6.45) is 1.81. The molecule has 4 rings (SSSR count). The minimum Gasteiger partial charge on any atom is -0.335 e. The number of thiazole rings is 1. The standard InChI is InChI=1S/C21H21FN4OS/c1-15-19(28-20(24-15)16-5-7-17(22)8-6-16)21(27)26-12-10-25(11-13-26)14-18-4-2-3-9-23-18/h2-9H,10-14H2,1H3. The van der Waals surface area contributed by atoms with E-state index >= 15 is 0 Å². The normalized spacial score (nSPS) is 15.0. The molecule has 0 radical (unpaired) electrons. The van der Waals surface area contributed by atoms with Gasteiger partial charge in [0.15, 0.2) is 0 Å². The highest BCUT2D eigenvalue weighted by Gasteiger charge is 2.25. The number of piperazine rings is 1. The molecular weight excluding hydrogens is 375 g/mol. The number of carbonyl (C=O) groups is 1. The van der Waals surface area contributed by atoms with Crippen molar-refractivity contribution in [3.05, 3.63) is 70.7 Å². The van der Waals surface area contributed by atoms with Crippen LogP contribution in [-0.4, -0.2) is 51.9 Å². The summed E-state index contributed by atoms with van der Waals surface area (Å²) in [6, 6.07) is 12.1. The van der Waals surface area contributed by atoms with E-state index in [2.05, 4.69) is 14.9 Å². The smallest absolute Gasteiger partial charge is 0.265 e. The predicted molar refractivity (Wildman–Crippen MR) is 108 cm³/mol. The van der Waals surface area contributed by atoms with Crippen LogP contribution in [0.15, 0.2) is 48.7 Å². The van der Waals surface area contributed by atoms with E-state index < -0.39 is 0 Å². The van der Waals surface area contributed by atoms with Crippen LogP contribution in [0, 0.1) is 12.7 Å². The van der Waals surface area contributed by atoms with Crippen molar-refractivity contribution in [2.75, 3.05) is 26.2 Å². The average Bonchev–Trinajstić information content (AvgIpc) is 3.11. The number of carbonyl (C=O) groups excluding carboxylic acids is 1. The van der Waals surface area contributed by atoms with Crippen molar-refractivity contribution in [2.24, 2.45) is 0 Å². The number of rotatable bonds is 4. The predicted octanol–water partition coefficient (Wildman–Crippen LogP) is 3.61. The van der Waals surface area contributed by atoms with Gasteiger partial charge in [0.1, 0.15) is 15.7 Å². The van der Waals surface area contributed by atoms with Gasteiger partial charge in [0, 0.05) is 44.5 Å². The van der Waals surface area contributed by atoms with Gasteiger partial charge in [-0.3, -0.25) is 14.7 Å². The Labute approximate surface area is 167 Å². The first-order chi connectivity index (χ1) is 13.6. The summed E-state index contributed by atoms with van der Waals surface area (Å²) in [5, 5.41) is 0.745. The number of hydrogen-bond donors (Lipinski definition) is 0. The zero-order valence-electron chi connectivity index (χ0n) is 15.6. The Morgan fingerprint density at radius 1 is 1.11 bits per heavy atom. The van der Waals surface area contributed by atoms with E-state index in [4.69, 9.17) is 0 Å². The Morgan fingerprint density at radius 3 is 2.54 bits per heavy atom. The van der Waals surface area contributed by atoms with Crippen molar-refractivity contribution in [3.63, 3.8) is 0 Å². The van der Waals surface area contributed by atoms with Crippen LogP contribution < -0.4 is 0 Å². The van der Waals surface area contributed by atoms with E-state index in [1.807, 2.05) is 30.0 Å². The molecule has 1 fully saturated rings. The van der Waals surface area contributed by atoms with Crippen LogP contribution in [0.3, 0.4) is 0 Å². The first-order valence-corrected chi connectivity index (χ1v) is 10.1. The van der Waals surface area contributed by atoms with E-state index in [1.165, 1.54) is 23.5 Å². The fourth-order valence-corrected chi connectivity index (χ4v) is 4.32. The van der Waals surface area contributed by atoms with Crippen molar-refractivity contribution in [1.29, 1.82) is 0 Å². The zero-order chi connectivity index (χ0) is 19.5. The maximum absolute atomic E-state index is 13.1. The minimum atomic E-state index is -0.281. The number of aromatic nitrogens is 2. The maximum atomic E-state index is 13.1. The van der Waals surface area contributed by atoms with Gasteiger partial charge in [-0.05, 0) is 43.3 Å². The lowest BCUT2D eigenvalue weighted by molar-refractivity contribution is 0.0631. The number of halogens is 1. The molecule has 3 heterocycles. The van der Waals surface area contributed by atoms with Gasteiger partial charge in [-0.15, -0.1) is 11.3 Å². The summed E-state index contributed by atoms with van der Waals surface area (Å²) in [7, 11) is 0. The summed E-state index contributed by atoms with van der Waals surface area (Å²) in [6.45, 7) is 5.69. The fraction of sp³-hybridized carbons (Fsp3) is 0.286. The van der Waals surface area contributed by atoms with E-state index in [-0.39, 0.29) is 11.7 Å². The molecular formula is C21H21FN4OS. The van der Waals surface area contributed by atoms with Gasteiger partial charge in [-0.25, -0.2) is 9.37 Å². The van der Waals surface area contributed by atoms with Gasteiger partial charge in [-0.2, -0.15) is 0 Å². The maximum Gasteiger partial charge on any atom is 0.265 e. The van der Waals surface area contributed by atoms with Crippen molar-refractivity contribution in [3.8, 4) is 10.6 Å². The Morgan fingerprint density at radius 2 is 1.86 bits per heavy atom. The summed E-state index contributed by atoms with van der Waals surface area (Å²) in [5.41, 5.74) is 2.60. The van der Waals surface area contributed by atoms with Crippen LogP contribution in [0.2, 0.25) is 0 Å². The lowest BCUT2D eigenvalue weighted by Crippen LogP contribution is -2.48. The Kier molecular flexibility index (Phi) is 5.45. The fourth-order valence-electron chi connectivity index (χ4n) is 3.28. The molecule has 5 nitrogen and oxygen atoms in total. The van der Waals surface area contributed by atoms with E-state index in [1.54, 1.807) is 18.3 Å². The summed E-state index contributed by atoms with van der Waals surface area (Å²) in [4.78, 5) is 26.8. The van der Waals surface area contributed by atoms with Crippen molar-refractivity contribution >= 4 is 17.2 Å². The molecule has 7 heteroatoms. The molecule has 3 aromatic rings. The lowest BCUT2D eigenvalue weighted by atomic mass is 10.2. The number of amides is 1. The second kappa shape index (κ2) is 8.16. The Bertz CT molecular complexity index is 950. The van der Waals surface area contributed by atoms with Crippen molar-refractivity contribution in [1.82, 2.24) is 19.8 Å². The highest BCUT2D eigenvalue weighted by molar-refractivity contribution is 7.17. The third kappa shape index (κ3) is 4.10. The molecule has 0 N–H and O–H groups in total. The summed E-state index contributed by atoms with van der Waals surface area (Å²) in [5.74, 6) is -0.252. The lowest BCUT2D eigenvalue weighted by Gasteiger charge is -2.34. The molecule has 1 amide bonds. The third-order valence-corrected chi connectivity index (χ3v) is 6.05. The van der Waals surface area contributed by atoms with Crippen LogP contribution in [0.1, 0.15) is 21.1 Å². The summed E-state index contributed by atoms with van der Waals surface area (Å²) < 4.78 is 13.1. The van der Waals surface area contributed by atoms with Crippen LogP contribution >= 0.6 is 11.3 Å². The summed E-state index contributed by atoms with van der Waals surface area (Å²) >= 11 is 1.38. The average molecular weight is 396 g/mol. The van der Waals surface area contributed by atoms with Gasteiger partial charge in [0.25, 0.3) is 5.91 Å². The molecule has 0 saturated carbocycles. The van der Waals surface area contributed by atoms with Gasteiger partial charge in [0.2, 0.25) is 0 Å². The van der Waals surface area contributed by atoms with Crippen LogP contribution in [-0.2, 0) is 6.54 Å². The zero-order valence-corrected chi connectivity index (χ0v) is 16.5. The second-order valence-corrected chi connectivity index (χ2v) is 7.83. The van der Waals surface area contributed by atoms with Crippen molar-refractivity contribution in [2.45, 2.75) is 13.5 Å². The highest BCUT2D eigenvalue weighted by Crippen LogP contribution is 2.29. The molecule has 0 spiro atoms. The van der Waals surface area contributed by atoms with E-state index in [9.17, 15) is 9.18 Å². The van der Waals surface area contributed by atoms with E-state index in [0.29, 0.717) is 18.0 Å². The largest absolute Gasteiger partial charge is 0.335 e. The number of aryl methyl sites for hydroxylation is 1. The van der Waals surface area contributed by atoms with E-state index in [0.717, 1.165) is 41.6 Å².